The molecule has 1 aliphatic carbocycles. The lowest BCUT2D eigenvalue weighted by Gasteiger charge is -2.46. The van der Waals surface area contributed by atoms with E-state index in [4.69, 9.17) is 0 Å². The molecule has 0 unspecified atom stereocenters. The van der Waals surface area contributed by atoms with Crippen molar-refractivity contribution in [3.05, 3.63) is 30.1 Å². The Bertz CT molecular complexity index is 536. The number of nitrogens with one attached hydrogen (secondary N) is 1. The highest BCUT2D eigenvalue weighted by molar-refractivity contribution is 5.75. The first-order valence-electron chi connectivity index (χ1n) is 9.80. The fourth-order valence-electron chi connectivity index (χ4n) is 3.90. The summed E-state index contributed by atoms with van der Waals surface area (Å²) >= 11 is 0. The Balaban J connectivity index is 1.49. The molecule has 25 heavy (non-hydrogen) atoms. The zero-order valence-corrected chi connectivity index (χ0v) is 15.7. The molecule has 1 aromatic rings. The van der Waals surface area contributed by atoms with Gasteiger partial charge in [-0.1, -0.05) is 39.2 Å². The number of rotatable bonds is 6. The molecule has 0 radical (unpaired) electrons. The highest BCUT2D eigenvalue weighted by Gasteiger charge is 2.35. The molecule has 1 saturated heterocycles. The average molecular weight is 345 g/mol. The number of nitrogens with zero attached hydrogens (tertiary/aromatic N) is 3. The number of hydrogen-bond donors (Lipinski definition) is 1. The first-order chi connectivity index (χ1) is 12.1. The van der Waals surface area contributed by atoms with E-state index in [1.165, 1.54) is 24.8 Å². The summed E-state index contributed by atoms with van der Waals surface area (Å²) in [4.78, 5) is 21.1. The molecule has 0 spiro atoms. The number of urea groups is 1. The topological polar surface area (TPSA) is 48.5 Å². The van der Waals surface area contributed by atoms with Crippen LogP contribution in [0.4, 0.5) is 4.79 Å². The van der Waals surface area contributed by atoms with Crippen LogP contribution in [-0.2, 0) is 6.54 Å². The molecule has 1 saturated carbocycles. The SMILES string of the molecule is CC(C)CN(Cc1cccnc1)C1CN(C(=O)NC2CCCCC2)C1. The predicted molar refractivity (Wildman–Crippen MR) is 100 cm³/mol. The normalized spacial score (nSPS) is 19.3. The van der Waals surface area contributed by atoms with E-state index in [0.717, 1.165) is 39.0 Å². The van der Waals surface area contributed by atoms with E-state index in [9.17, 15) is 4.79 Å². The minimum atomic E-state index is 0.133. The summed E-state index contributed by atoms with van der Waals surface area (Å²) < 4.78 is 0. The number of hydrogen-bond acceptors (Lipinski definition) is 3. The Hall–Kier alpha value is -1.62. The van der Waals surface area contributed by atoms with Crippen molar-refractivity contribution in [2.45, 2.75) is 64.6 Å². The largest absolute Gasteiger partial charge is 0.335 e. The van der Waals surface area contributed by atoms with Crippen molar-refractivity contribution < 1.29 is 4.79 Å². The summed E-state index contributed by atoms with van der Waals surface area (Å²) in [5.74, 6) is 0.613. The van der Waals surface area contributed by atoms with Crippen molar-refractivity contribution in [1.29, 1.82) is 0 Å². The molecular weight excluding hydrogens is 312 g/mol. The van der Waals surface area contributed by atoms with Gasteiger partial charge in [0.25, 0.3) is 0 Å². The molecule has 3 rings (SSSR count). The zero-order valence-electron chi connectivity index (χ0n) is 15.7. The van der Waals surface area contributed by atoms with E-state index in [2.05, 4.69) is 35.1 Å². The average Bonchev–Trinajstić information content (AvgIpc) is 2.54. The molecule has 0 aromatic carbocycles. The van der Waals surface area contributed by atoms with Crippen LogP contribution in [0.2, 0.25) is 0 Å². The number of carbonyl (C=O) groups is 1. The maximum Gasteiger partial charge on any atom is 0.317 e. The Kier molecular flexibility index (Phi) is 6.29. The first kappa shape index (κ1) is 18.2. The van der Waals surface area contributed by atoms with Gasteiger partial charge in [-0.25, -0.2) is 4.79 Å². The van der Waals surface area contributed by atoms with Crippen molar-refractivity contribution in [1.82, 2.24) is 20.1 Å². The summed E-state index contributed by atoms with van der Waals surface area (Å²) in [6, 6.07) is 5.11. The Morgan fingerprint density at radius 2 is 2.08 bits per heavy atom. The number of carbonyl (C=O) groups excluding carboxylic acids is 1. The Morgan fingerprint density at radius 3 is 2.72 bits per heavy atom. The van der Waals surface area contributed by atoms with Gasteiger partial charge in [0.05, 0.1) is 0 Å². The summed E-state index contributed by atoms with van der Waals surface area (Å²) in [5.41, 5.74) is 1.24. The summed E-state index contributed by atoms with van der Waals surface area (Å²) in [6.07, 6.45) is 9.86. The maximum absolute atomic E-state index is 12.4. The minimum absolute atomic E-state index is 0.133. The van der Waals surface area contributed by atoms with Crippen molar-refractivity contribution in [2.24, 2.45) is 5.92 Å². The fourth-order valence-corrected chi connectivity index (χ4v) is 3.90. The molecular formula is C20H32N4O. The minimum Gasteiger partial charge on any atom is -0.335 e. The van der Waals surface area contributed by atoms with Gasteiger partial charge in [-0.15, -0.1) is 0 Å². The van der Waals surface area contributed by atoms with Crippen LogP contribution < -0.4 is 5.32 Å². The van der Waals surface area contributed by atoms with E-state index in [1.807, 2.05) is 23.4 Å². The monoisotopic (exact) mass is 344 g/mol. The van der Waals surface area contributed by atoms with Gasteiger partial charge in [-0.3, -0.25) is 9.88 Å². The third-order valence-electron chi connectivity index (χ3n) is 5.31. The Morgan fingerprint density at radius 1 is 1.32 bits per heavy atom. The van der Waals surface area contributed by atoms with Crippen LogP contribution in [0.3, 0.4) is 0 Å². The van der Waals surface area contributed by atoms with Crippen LogP contribution in [0.1, 0.15) is 51.5 Å². The predicted octanol–water partition coefficient (Wildman–Crippen LogP) is 3.27. The van der Waals surface area contributed by atoms with Gasteiger partial charge >= 0.3 is 6.03 Å². The highest BCUT2D eigenvalue weighted by atomic mass is 16.2. The molecule has 2 aliphatic rings. The molecule has 2 amide bonds. The third kappa shape index (κ3) is 5.18. The van der Waals surface area contributed by atoms with Gasteiger partial charge in [0, 0.05) is 50.7 Å². The maximum atomic E-state index is 12.4. The number of aromatic nitrogens is 1. The first-order valence-corrected chi connectivity index (χ1v) is 9.80. The molecule has 5 heteroatoms. The van der Waals surface area contributed by atoms with E-state index in [1.54, 1.807) is 0 Å². The van der Waals surface area contributed by atoms with Gasteiger partial charge in [-0.05, 0) is 30.4 Å². The second-order valence-electron chi connectivity index (χ2n) is 8.03. The molecule has 2 heterocycles. The molecule has 138 valence electrons. The molecule has 0 atom stereocenters. The standard InChI is InChI=1S/C20H32N4O/c1-16(2)12-23(13-17-7-6-10-21-11-17)19-14-24(15-19)20(25)22-18-8-4-3-5-9-18/h6-7,10-11,16,18-19H,3-5,8-9,12-15H2,1-2H3,(H,22,25). The summed E-state index contributed by atoms with van der Waals surface area (Å²) in [5, 5.41) is 3.23. The lowest BCUT2D eigenvalue weighted by atomic mass is 9.95. The second-order valence-corrected chi connectivity index (χ2v) is 8.03. The van der Waals surface area contributed by atoms with E-state index in [0.29, 0.717) is 18.0 Å². The molecule has 0 bridgehead atoms. The van der Waals surface area contributed by atoms with Gasteiger partial charge < -0.3 is 10.2 Å². The molecule has 2 fully saturated rings. The summed E-state index contributed by atoms with van der Waals surface area (Å²) in [6.45, 7) is 8.15. The lowest BCUT2D eigenvalue weighted by molar-refractivity contribution is 0.0430. The number of amides is 2. The zero-order chi connectivity index (χ0) is 17.6. The van der Waals surface area contributed by atoms with E-state index in [-0.39, 0.29) is 6.03 Å². The van der Waals surface area contributed by atoms with Crippen LogP contribution in [-0.4, -0.2) is 52.5 Å². The van der Waals surface area contributed by atoms with Crippen LogP contribution >= 0.6 is 0 Å². The van der Waals surface area contributed by atoms with E-state index < -0.39 is 0 Å². The van der Waals surface area contributed by atoms with Gasteiger partial charge in [0.15, 0.2) is 0 Å². The molecule has 1 N–H and O–H groups in total. The van der Waals surface area contributed by atoms with Gasteiger partial charge in [0.2, 0.25) is 0 Å². The van der Waals surface area contributed by atoms with Gasteiger partial charge in [-0.2, -0.15) is 0 Å². The quantitative estimate of drug-likeness (QED) is 0.862. The highest BCUT2D eigenvalue weighted by Crippen LogP contribution is 2.21. The summed E-state index contributed by atoms with van der Waals surface area (Å²) in [7, 11) is 0. The van der Waals surface area contributed by atoms with Crippen LogP contribution in [0.25, 0.3) is 0 Å². The van der Waals surface area contributed by atoms with Crippen LogP contribution in [0.5, 0.6) is 0 Å². The van der Waals surface area contributed by atoms with Gasteiger partial charge in [0.1, 0.15) is 0 Å². The smallest absolute Gasteiger partial charge is 0.317 e. The van der Waals surface area contributed by atoms with Crippen LogP contribution in [0, 0.1) is 5.92 Å². The Labute approximate surface area is 151 Å². The fraction of sp³-hybridized carbons (Fsp3) is 0.700. The number of likely N-dealkylation sites (tertiary alicyclic amines) is 1. The van der Waals surface area contributed by atoms with Crippen molar-refractivity contribution in [3.8, 4) is 0 Å². The van der Waals surface area contributed by atoms with E-state index >= 15 is 0 Å². The number of pyridine rings is 1. The van der Waals surface area contributed by atoms with Crippen molar-refractivity contribution in [3.63, 3.8) is 0 Å². The lowest BCUT2D eigenvalue weighted by Crippen LogP contribution is -2.63. The second kappa shape index (κ2) is 8.65. The third-order valence-corrected chi connectivity index (χ3v) is 5.31. The van der Waals surface area contributed by atoms with Crippen molar-refractivity contribution >= 4 is 6.03 Å². The molecule has 1 aliphatic heterocycles. The molecule has 1 aromatic heterocycles. The molecule has 5 nitrogen and oxygen atoms in total. The van der Waals surface area contributed by atoms with Crippen LogP contribution in [0.15, 0.2) is 24.5 Å². The van der Waals surface area contributed by atoms with Crippen molar-refractivity contribution in [2.75, 3.05) is 19.6 Å².